The molecule has 0 aromatic carbocycles. The van der Waals surface area contributed by atoms with Gasteiger partial charge in [0.15, 0.2) is 6.19 Å². The van der Waals surface area contributed by atoms with Crippen molar-refractivity contribution in [3.63, 3.8) is 0 Å². The molecular weight excluding hydrogens is 346 g/mol. The van der Waals surface area contributed by atoms with Crippen molar-refractivity contribution in [3.8, 4) is 17.6 Å². The Morgan fingerprint density at radius 3 is 2.85 bits per heavy atom. The van der Waals surface area contributed by atoms with Gasteiger partial charge in [-0.25, -0.2) is 0 Å². The maximum absolute atomic E-state index is 12.4. The lowest BCUT2D eigenvalue weighted by molar-refractivity contribution is 0.0933. The number of carbonyl (C=O) groups is 1. The number of aromatic nitrogens is 3. The van der Waals surface area contributed by atoms with E-state index in [1.807, 2.05) is 18.3 Å². The van der Waals surface area contributed by atoms with Crippen LogP contribution in [-0.2, 0) is 4.74 Å². The molecule has 0 aliphatic carbocycles. The van der Waals surface area contributed by atoms with Crippen molar-refractivity contribution in [1.82, 2.24) is 25.4 Å². The predicted molar refractivity (Wildman–Crippen MR) is 97.9 cm³/mol. The molecule has 9 nitrogen and oxygen atoms in total. The summed E-state index contributed by atoms with van der Waals surface area (Å²) in [6.07, 6.45) is 4.70. The number of hydrogen-bond acceptors (Lipinski definition) is 7. The number of aromatic amines is 1. The number of anilines is 1. The first-order valence-corrected chi connectivity index (χ1v) is 9.03. The normalized spacial score (nSPS) is 19.7. The lowest BCUT2D eigenvalue weighted by atomic mass is 10.2. The van der Waals surface area contributed by atoms with Crippen molar-refractivity contribution in [3.05, 3.63) is 30.1 Å². The van der Waals surface area contributed by atoms with Gasteiger partial charge < -0.3 is 19.9 Å². The number of pyridine rings is 1. The highest BCUT2D eigenvalue weighted by Crippen LogP contribution is 2.20. The summed E-state index contributed by atoms with van der Waals surface area (Å²) >= 11 is 0. The number of morpholine rings is 1. The van der Waals surface area contributed by atoms with Gasteiger partial charge in [-0.3, -0.25) is 14.9 Å². The molecule has 2 aliphatic heterocycles. The van der Waals surface area contributed by atoms with E-state index in [1.165, 1.54) is 0 Å². The van der Waals surface area contributed by atoms with Gasteiger partial charge in [0, 0.05) is 32.2 Å². The molecule has 0 spiro atoms. The Morgan fingerprint density at radius 1 is 1.30 bits per heavy atom. The molecule has 1 amide bonds. The van der Waals surface area contributed by atoms with Gasteiger partial charge in [-0.1, -0.05) is 0 Å². The van der Waals surface area contributed by atoms with Crippen molar-refractivity contribution in [2.24, 2.45) is 0 Å². The van der Waals surface area contributed by atoms with Crippen LogP contribution in [0.1, 0.15) is 16.9 Å². The van der Waals surface area contributed by atoms with Gasteiger partial charge in [-0.2, -0.15) is 10.4 Å². The number of ether oxygens (including phenoxy) is 1. The Kier molecular flexibility index (Phi) is 4.89. The molecule has 27 heavy (non-hydrogen) atoms. The maximum atomic E-state index is 12.4. The van der Waals surface area contributed by atoms with Crippen molar-refractivity contribution < 1.29 is 9.53 Å². The number of rotatable bonds is 4. The van der Waals surface area contributed by atoms with Gasteiger partial charge in [-0.05, 0) is 24.6 Å². The van der Waals surface area contributed by atoms with E-state index in [2.05, 4.69) is 31.6 Å². The molecule has 2 N–H and O–H groups in total. The Hall–Kier alpha value is -3.12. The second kappa shape index (κ2) is 7.63. The Balaban J connectivity index is 1.40. The third kappa shape index (κ3) is 3.85. The van der Waals surface area contributed by atoms with Gasteiger partial charge >= 0.3 is 0 Å². The number of carbonyl (C=O) groups excluding carboxylic acids is 1. The summed E-state index contributed by atoms with van der Waals surface area (Å²) in [4.78, 5) is 20.7. The van der Waals surface area contributed by atoms with Crippen molar-refractivity contribution in [2.45, 2.75) is 12.5 Å². The fraction of sp³-hybridized carbons (Fsp3) is 0.444. The third-order valence-electron chi connectivity index (χ3n) is 4.87. The van der Waals surface area contributed by atoms with E-state index in [4.69, 9.17) is 10.00 Å². The van der Waals surface area contributed by atoms with Crippen molar-refractivity contribution >= 4 is 11.6 Å². The van der Waals surface area contributed by atoms with E-state index >= 15 is 0 Å². The Labute approximate surface area is 156 Å². The SMILES string of the molecule is N#CN1CCC(NC(=O)c2cc(-c3ccc(N4CCOCC4)cn3)n[nH]2)C1. The van der Waals surface area contributed by atoms with E-state index < -0.39 is 0 Å². The average molecular weight is 367 g/mol. The van der Waals surface area contributed by atoms with Crippen molar-refractivity contribution in [1.29, 1.82) is 5.26 Å². The minimum Gasteiger partial charge on any atom is -0.378 e. The molecule has 2 fully saturated rings. The highest BCUT2D eigenvalue weighted by Gasteiger charge is 2.24. The van der Waals surface area contributed by atoms with Gasteiger partial charge in [0.25, 0.3) is 5.91 Å². The smallest absolute Gasteiger partial charge is 0.269 e. The summed E-state index contributed by atoms with van der Waals surface area (Å²) in [6, 6.07) is 5.60. The van der Waals surface area contributed by atoms with Crippen LogP contribution < -0.4 is 10.2 Å². The van der Waals surface area contributed by atoms with Crippen LogP contribution in [0.3, 0.4) is 0 Å². The lowest BCUT2D eigenvalue weighted by Gasteiger charge is -2.28. The van der Waals surface area contributed by atoms with E-state index in [-0.39, 0.29) is 11.9 Å². The number of nitrogens with one attached hydrogen (secondary N) is 2. The van der Waals surface area contributed by atoms with Crippen LogP contribution in [0.15, 0.2) is 24.4 Å². The van der Waals surface area contributed by atoms with Crippen LogP contribution in [0.4, 0.5) is 5.69 Å². The van der Waals surface area contributed by atoms with Gasteiger partial charge in [-0.15, -0.1) is 0 Å². The number of amides is 1. The van der Waals surface area contributed by atoms with E-state index in [1.54, 1.807) is 11.0 Å². The third-order valence-corrected chi connectivity index (χ3v) is 4.87. The molecule has 1 atom stereocenters. The highest BCUT2D eigenvalue weighted by molar-refractivity contribution is 5.93. The number of hydrogen-bond donors (Lipinski definition) is 2. The van der Waals surface area contributed by atoms with Crippen LogP contribution in [-0.4, -0.2) is 71.4 Å². The minimum absolute atomic E-state index is 0.0187. The molecule has 2 saturated heterocycles. The molecule has 9 heteroatoms. The highest BCUT2D eigenvalue weighted by atomic mass is 16.5. The average Bonchev–Trinajstić information content (AvgIpc) is 3.38. The topological polar surface area (TPSA) is 110 Å². The molecular formula is C18H21N7O2. The number of nitrogens with zero attached hydrogens (tertiary/aromatic N) is 5. The van der Waals surface area contributed by atoms with Crippen molar-refractivity contribution in [2.75, 3.05) is 44.3 Å². The zero-order chi connectivity index (χ0) is 18.6. The lowest BCUT2D eigenvalue weighted by Crippen LogP contribution is -2.36. The predicted octanol–water partition coefficient (Wildman–Crippen LogP) is 0.593. The summed E-state index contributed by atoms with van der Waals surface area (Å²) in [5.74, 6) is -0.219. The zero-order valence-electron chi connectivity index (χ0n) is 14.9. The summed E-state index contributed by atoms with van der Waals surface area (Å²) < 4.78 is 5.37. The van der Waals surface area contributed by atoms with Crippen LogP contribution in [0.25, 0.3) is 11.4 Å². The second-order valence-electron chi connectivity index (χ2n) is 6.67. The summed E-state index contributed by atoms with van der Waals surface area (Å²) in [5, 5.41) is 18.8. The summed E-state index contributed by atoms with van der Waals surface area (Å²) in [5.41, 5.74) is 2.77. The van der Waals surface area contributed by atoms with E-state index in [9.17, 15) is 4.79 Å². The van der Waals surface area contributed by atoms with Gasteiger partial charge in [0.05, 0.1) is 30.8 Å². The maximum Gasteiger partial charge on any atom is 0.269 e. The van der Waals surface area contributed by atoms with E-state index in [0.717, 1.165) is 38.4 Å². The molecule has 4 heterocycles. The summed E-state index contributed by atoms with van der Waals surface area (Å²) in [6.45, 7) is 4.40. The fourth-order valence-corrected chi connectivity index (χ4v) is 3.35. The first-order valence-electron chi connectivity index (χ1n) is 9.03. The van der Waals surface area contributed by atoms with Gasteiger partial charge in [0.2, 0.25) is 0 Å². The molecule has 2 aromatic heterocycles. The molecule has 0 bridgehead atoms. The fourth-order valence-electron chi connectivity index (χ4n) is 3.35. The standard InChI is InChI=1S/C18H21N7O2/c19-12-24-4-3-13(11-24)21-18(26)17-9-16(22-23-17)15-2-1-14(10-20-15)25-5-7-27-8-6-25/h1-2,9-10,13H,3-8,11H2,(H,21,26)(H,22,23). The van der Waals surface area contributed by atoms with E-state index in [0.29, 0.717) is 30.2 Å². The van der Waals surface area contributed by atoms with Crippen LogP contribution in [0.5, 0.6) is 0 Å². The molecule has 0 saturated carbocycles. The molecule has 1 unspecified atom stereocenters. The molecule has 2 aliphatic rings. The molecule has 2 aromatic rings. The first-order chi connectivity index (χ1) is 13.2. The van der Waals surface area contributed by atoms with Gasteiger partial charge in [0.1, 0.15) is 11.4 Å². The Bertz CT molecular complexity index is 836. The monoisotopic (exact) mass is 367 g/mol. The largest absolute Gasteiger partial charge is 0.378 e. The zero-order valence-corrected chi connectivity index (χ0v) is 14.9. The number of H-pyrrole nitrogens is 1. The van der Waals surface area contributed by atoms with Crippen LogP contribution in [0, 0.1) is 11.5 Å². The molecule has 0 radical (unpaired) electrons. The summed E-state index contributed by atoms with van der Waals surface area (Å²) in [7, 11) is 0. The molecule has 4 rings (SSSR count). The number of likely N-dealkylation sites (tertiary alicyclic amines) is 1. The van der Waals surface area contributed by atoms with Crippen LogP contribution >= 0.6 is 0 Å². The Morgan fingerprint density at radius 2 is 2.15 bits per heavy atom. The number of nitriles is 1. The molecule has 140 valence electrons. The van der Waals surface area contributed by atoms with Crippen LogP contribution in [0.2, 0.25) is 0 Å². The minimum atomic E-state index is -0.219. The first kappa shape index (κ1) is 17.3. The quantitative estimate of drug-likeness (QED) is 0.761. The second-order valence-corrected chi connectivity index (χ2v) is 6.67.